The third-order valence-corrected chi connectivity index (χ3v) is 5.13. The lowest BCUT2D eigenvalue weighted by molar-refractivity contribution is -0.0628. The average molecular weight is 290 g/mol. The van der Waals surface area contributed by atoms with E-state index in [0.717, 1.165) is 22.5 Å². The minimum atomic E-state index is -0.700. The molecule has 0 amide bonds. The number of hydrogen-bond donors (Lipinski definition) is 1. The van der Waals surface area contributed by atoms with Gasteiger partial charge in [0.15, 0.2) is 0 Å². The van der Waals surface area contributed by atoms with E-state index in [9.17, 15) is 5.11 Å². The van der Waals surface area contributed by atoms with Crippen molar-refractivity contribution in [1.82, 2.24) is 4.98 Å². The molecular formula is C11H16BrNOS. The van der Waals surface area contributed by atoms with Crippen molar-refractivity contribution in [3.8, 4) is 0 Å². The summed E-state index contributed by atoms with van der Waals surface area (Å²) in [7, 11) is 0. The molecule has 15 heavy (non-hydrogen) atoms. The number of aromatic nitrogens is 1. The van der Waals surface area contributed by atoms with Gasteiger partial charge in [-0.05, 0) is 40.6 Å². The molecule has 0 radical (unpaired) electrons. The van der Waals surface area contributed by atoms with Crippen LogP contribution in [0.15, 0.2) is 9.98 Å². The van der Waals surface area contributed by atoms with Crippen LogP contribution < -0.4 is 0 Å². The molecule has 1 aromatic rings. The number of hydrogen-bond acceptors (Lipinski definition) is 3. The van der Waals surface area contributed by atoms with Gasteiger partial charge in [-0.25, -0.2) is 4.98 Å². The molecule has 3 unspecified atom stereocenters. The van der Waals surface area contributed by atoms with Gasteiger partial charge in [-0.1, -0.05) is 20.3 Å². The molecule has 1 aliphatic carbocycles. The first-order valence-corrected chi connectivity index (χ1v) is 7.03. The molecule has 1 N–H and O–H groups in total. The summed E-state index contributed by atoms with van der Waals surface area (Å²) >= 11 is 4.90. The van der Waals surface area contributed by atoms with Gasteiger partial charge in [0, 0.05) is 5.38 Å². The quantitative estimate of drug-likeness (QED) is 0.858. The van der Waals surface area contributed by atoms with Crippen LogP contribution in [0.1, 0.15) is 38.1 Å². The van der Waals surface area contributed by atoms with Crippen molar-refractivity contribution in [3.05, 3.63) is 15.0 Å². The first-order chi connectivity index (χ1) is 7.02. The third-order valence-electron chi connectivity index (χ3n) is 3.41. The minimum absolute atomic E-state index is 0.312. The summed E-state index contributed by atoms with van der Waals surface area (Å²) in [6, 6.07) is 0. The molecule has 1 saturated carbocycles. The highest BCUT2D eigenvalue weighted by atomic mass is 79.9. The van der Waals surface area contributed by atoms with E-state index in [1.54, 1.807) is 11.3 Å². The molecule has 0 bridgehead atoms. The van der Waals surface area contributed by atoms with Crippen molar-refractivity contribution < 1.29 is 5.11 Å². The molecule has 0 aromatic carbocycles. The second-order valence-corrected chi connectivity index (χ2v) is 6.36. The normalized spacial score (nSPS) is 36.8. The van der Waals surface area contributed by atoms with E-state index >= 15 is 0 Å². The first-order valence-electron chi connectivity index (χ1n) is 5.36. The van der Waals surface area contributed by atoms with Crippen molar-refractivity contribution in [2.45, 2.75) is 38.7 Å². The van der Waals surface area contributed by atoms with Gasteiger partial charge >= 0.3 is 0 Å². The fourth-order valence-corrected chi connectivity index (χ4v) is 3.84. The van der Waals surface area contributed by atoms with Crippen LogP contribution in [-0.4, -0.2) is 10.1 Å². The molecule has 2 rings (SSSR count). The molecule has 0 spiro atoms. The van der Waals surface area contributed by atoms with Crippen molar-refractivity contribution in [2.24, 2.45) is 11.8 Å². The Balaban J connectivity index is 2.30. The Bertz CT molecular complexity index is 354. The molecular weight excluding hydrogens is 274 g/mol. The van der Waals surface area contributed by atoms with Crippen LogP contribution in [0.3, 0.4) is 0 Å². The summed E-state index contributed by atoms with van der Waals surface area (Å²) in [6.45, 7) is 4.33. The van der Waals surface area contributed by atoms with Crippen LogP contribution in [0.25, 0.3) is 0 Å². The van der Waals surface area contributed by atoms with E-state index < -0.39 is 5.60 Å². The number of halogens is 1. The lowest BCUT2D eigenvalue weighted by Gasteiger charge is -2.39. The SMILES string of the molecule is CC1CCC(C)C(O)(c2nc(Br)cs2)C1. The zero-order valence-corrected chi connectivity index (χ0v) is 11.4. The molecule has 1 aliphatic rings. The van der Waals surface area contributed by atoms with Gasteiger partial charge in [0.2, 0.25) is 0 Å². The lowest BCUT2D eigenvalue weighted by atomic mass is 9.72. The predicted molar refractivity (Wildman–Crippen MR) is 65.9 cm³/mol. The topological polar surface area (TPSA) is 33.1 Å². The van der Waals surface area contributed by atoms with Gasteiger partial charge in [-0.3, -0.25) is 0 Å². The Morgan fingerprint density at radius 3 is 2.87 bits per heavy atom. The maximum atomic E-state index is 10.7. The highest BCUT2D eigenvalue weighted by molar-refractivity contribution is 9.10. The number of thiazole rings is 1. The Labute approximate surface area is 103 Å². The maximum absolute atomic E-state index is 10.7. The Morgan fingerprint density at radius 1 is 1.53 bits per heavy atom. The average Bonchev–Trinajstić information content (AvgIpc) is 2.59. The Morgan fingerprint density at radius 2 is 2.27 bits per heavy atom. The van der Waals surface area contributed by atoms with Gasteiger partial charge < -0.3 is 5.11 Å². The summed E-state index contributed by atoms with van der Waals surface area (Å²) in [4.78, 5) is 4.38. The first kappa shape index (κ1) is 11.6. The standard InChI is InChI=1S/C11H16BrNOS/c1-7-3-4-8(2)11(14,5-7)10-13-9(12)6-15-10/h6-8,14H,3-5H2,1-2H3. The fourth-order valence-electron chi connectivity index (χ4n) is 2.36. The summed E-state index contributed by atoms with van der Waals surface area (Å²) in [5.41, 5.74) is -0.700. The molecule has 4 heteroatoms. The van der Waals surface area contributed by atoms with E-state index in [1.807, 2.05) is 5.38 Å². The zero-order chi connectivity index (χ0) is 11.1. The van der Waals surface area contributed by atoms with E-state index in [2.05, 4.69) is 34.8 Å². The van der Waals surface area contributed by atoms with Crippen molar-refractivity contribution >= 4 is 27.3 Å². The third kappa shape index (κ3) is 2.12. The van der Waals surface area contributed by atoms with E-state index in [0.29, 0.717) is 11.8 Å². The van der Waals surface area contributed by atoms with Crippen LogP contribution in [0.4, 0.5) is 0 Å². The van der Waals surface area contributed by atoms with Gasteiger partial charge in [0.05, 0.1) is 0 Å². The van der Waals surface area contributed by atoms with Crippen LogP contribution in [0, 0.1) is 11.8 Å². The van der Waals surface area contributed by atoms with Crippen LogP contribution >= 0.6 is 27.3 Å². The smallest absolute Gasteiger partial charge is 0.126 e. The Hall–Kier alpha value is 0.0700. The molecule has 84 valence electrons. The molecule has 0 saturated heterocycles. The maximum Gasteiger partial charge on any atom is 0.126 e. The van der Waals surface area contributed by atoms with Crippen LogP contribution in [0.5, 0.6) is 0 Å². The van der Waals surface area contributed by atoms with Crippen molar-refractivity contribution in [1.29, 1.82) is 0 Å². The molecule has 1 fully saturated rings. The highest BCUT2D eigenvalue weighted by Gasteiger charge is 2.42. The largest absolute Gasteiger partial charge is 0.382 e. The van der Waals surface area contributed by atoms with Crippen LogP contribution in [-0.2, 0) is 5.60 Å². The second kappa shape index (κ2) is 4.15. The van der Waals surface area contributed by atoms with Gasteiger partial charge in [0.25, 0.3) is 0 Å². The van der Waals surface area contributed by atoms with E-state index in [4.69, 9.17) is 0 Å². The predicted octanol–water partition coefficient (Wildman–Crippen LogP) is 3.55. The number of aliphatic hydroxyl groups is 1. The molecule has 0 aliphatic heterocycles. The van der Waals surface area contributed by atoms with E-state index in [1.165, 1.54) is 6.42 Å². The summed E-state index contributed by atoms with van der Waals surface area (Å²) in [5.74, 6) is 0.903. The summed E-state index contributed by atoms with van der Waals surface area (Å²) in [6.07, 6.45) is 3.15. The van der Waals surface area contributed by atoms with Crippen molar-refractivity contribution in [2.75, 3.05) is 0 Å². The van der Waals surface area contributed by atoms with Crippen LogP contribution in [0.2, 0.25) is 0 Å². The van der Waals surface area contributed by atoms with Gasteiger partial charge in [-0.15, -0.1) is 11.3 Å². The Kier molecular flexibility index (Phi) is 3.20. The number of rotatable bonds is 1. The lowest BCUT2D eigenvalue weighted by Crippen LogP contribution is -2.39. The molecule has 1 aromatic heterocycles. The minimum Gasteiger partial charge on any atom is -0.382 e. The fraction of sp³-hybridized carbons (Fsp3) is 0.727. The van der Waals surface area contributed by atoms with Crippen molar-refractivity contribution in [3.63, 3.8) is 0 Å². The zero-order valence-electron chi connectivity index (χ0n) is 9.03. The highest BCUT2D eigenvalue weighted by Crippen LogP contribution is 2.44. The summed E-state index contributed by atoms with van der Waals surface area (Å²) in [5, 5.41) is 13.5. The molecule has 3 atom stereocenters. The second-order valence-electron chi connectivity index (χ2n) is 4.69. The monoisotopic (exact) mass is 289 g/mol. The summed E-state index contributed by atoms with van der Waals surface area (Å²) < 4.78 is 0.835. The molecule has 2 nitrogen and oxygen atoms in total. The van der Waals surface area contributed by atoms with E-state index in [-0.39, 0.29) is 0 Å². The van der Waals surface area contributed by atoms with Gasteiger partial charge in [0.1, 0.15) is 15.2 Å². The molecule has 1 heterocycles. The van der Waals surface area contributed by atoms with Gasteiger partial charge in [-0.2, -0.15) is 0 Å². The number of nitrogens with zero attached hydrogens (tertiary/aromatic N) is 1.